The summed E-state index contributed by atoms with van der Waals surface area (Å²) in [6.07, 6.45) is 0. The van der Waals surface area contributed by atoms with Crippen LogP contribution >= 0.6 is 0 Å². The second-order valence-electron chi connectivity index (χ2n) is 5.65. The van der Waals surface area contributed by atoms with Crippen molar-refractivity contribution >= 4 is 11.7 Å². The predicted molar refractivity (Wildman–Crippen MR) is 73.0 cm³/mol. The second-order valence-corrected chi connectivity index (χ2v) is 5.65. The van der Waals surface area contributed by atoms with E-state index in [4.69, 9.17) is 4.74 Å². The maximum atomic E-state index is 12.0. The average molecular weight is 250 g/mol. The fourth-order valence-corrected chi connectivity index (χ4v) is 1.33. The first-order valence-electron chi connectivity index (χ1n) is 6.12. The molecule has 0 spiro atoms. The number of hydrogen-bond acceptors (Lipinski definition) is 3. The van der Waals surface area contributed by atoms with Crippen molar-refractivity contribution in [1.82, 2.24) is 4.98 Å². The molecule has 0 atom stereocenters. The highest BCUT2D eigenvalue weighted by atomic mass is 16.5. The molecule has 1 rings (SSSR count). The number of amides is 1. The molecule has 0 aliphatic rings. The Labute approximate surface area is 109 Å². The van der Waals surface area contributed by atoms with Crippen molar-refractivity contribution in [1.29, 1.82) is 0 Å². The minimum Gasteiger partial charge on any atom is -0.493 e. The van der Waals surface area contributed by atoms with Crippen LogP contribution in [0.1, 0.15) is 46.2 Å². The topological polar surface area (TPSA) is 51.2 Å². The van der Waals surface area contributed by atoms with Crippen LogP contribution in [-0.4, -0.2) is 18.0 Å². The molecule has 0 aliphatic heterocycles. The Bertz CT molecular complexity index is 434. The molecule has 0 saturated carbocycles. The molecule has 0 radical (unpaired) electrons. The van der Waals surface area contributed by atoms with Crippen LogP contribution in [0.25, 0.3) is 0 Å². The van der Waals surface area contributed by atoms with Crippen molar-refractivity contribution in [3.63, 3.8) is 0 Å². The quantitative estimate of drug-likeness (QED) is 0.896. The Balaban J connectivity index is 3.06. The number of anilines is 1. The number of ether oxygens (including phenoxy) is 1. The lowest BCUT2D eigenvalue weighted by Crippen LogP contribution is -2.28. The van der Waals surface area contributed by atoms with Gasteiger partial charge in [-0.25, -0.2) is 4.98 Å². The summed E-state index contributed by atoms with van der Waals surface area (Å²) in [5.41, 5.74) is 0.473. The van der Waals surface area contributed by atoms with E-state index >= 15 is 0 Å². The van der Waals surface area contributed by atoms with Gasteiger partial charge in [-0.05, 0) is 18.1 Å². The maximum absolute atomic E-state index is 12.0. The zero-order chi connectivity index (χ0) is 13.9. The molecule has 0 aromatic carbocycles. The number of nitrogens with one attached hydrogen (secondary N) is 1. The molecule has 0 bridgehead atoms. The van der Waals surface area contributed by atoms with Gasteiger partial charge in [-0.2, -0.15) is 0 Å². The third kappa shape index (κ3) is 3.45. The number of pyridine rings is 1. The van der Waals surface area contributed by atoms with Gasteiger partial charge in [0.25, 0.3) is 0 Å². The van der Waals surface area contributed by atoms with Gasteiger partial charge in [0.1, 0.15) is 0 Å². The zero-order valence-electron chi connectivity index (χ0n) is 12.0. The van der Waals surface area contributed by atoms with Crippen LogP contribution in [0.4, 0.5) is 5.82 Å². The molecular formula is C14H22N2O2. The van der Waals surface area contributed by atoms with E-state index in [9.17, 15) is 4.79 Å². The Kier molecular flexibility index (Phi) is 4.33. The monoisotopic (exact) mass is 250 g/mol. The van der Waals surface area contributed by atoms with Crippen molar-refractivity contribution in [2.24, 2.45) is 5.41 Å². The summed E-state index contributed by atoms with van der Waals surface area (Å²) >= 11 is 0. The van der Waals surface area contributed by atoms with E-state index in [1.165, 1.54) is 0 Å². The van der Waals surface area contributed by atoms with Gasteiger partial charge in [-0.1, -0.05) is 34.6 Å². The summed E-state index contributed by atoms with van der Waals surface area (Å²) in [4.78, 5) is 16.4. The highest BCUT2D eigenvalue weighted by Gasteiger charge is 2.23. The van der Waals surface area contributed by atoms with Crippen molar-refractivity contribution < 1.29 is 9.53 Å². The highest BCUT2D eigenvalue weighted by Crippen LogP contribution is 2.26. The summed E-state index contributed by atoms with van der Waals surface area (Å²) in [5.74, 6) is 1.30. The number of aromatic nitrogens is 1. The lowest BCUT2D eigenvalue weighted by atomic mass is 9.96. The molecule has 1 N–H and O–H groups in total. The van der Waals surface area contributed by atoms with Crippen LogP contribution < -0.4 is 10.1 Å². The smallest absolute Gasteiger partial charge is 0.231 e. The van der Waals surface area contributed by atoms with Gasteiger partial charge in [0.05, 0.1) is 7.11 Å². The van der Waals surface area contributed by atoms with Crippen LogP contribution in [0.2, 0.25) is 0 Å². The third-order valence-electron chi connectivity index (χ3n) is 2.60. The van der Waals surface area contributed by atoms with Crippen LogP contribution in [-0.2, 0) is 4.79 Å². The van der Waals surface area contributed by atoms with Gasteiger partial charge in [0.2, 0.25) is 5.91 Å². The number of methoxy groups -OCH3 is 1. The molecule has 100 valence electrons. The molecule has 0 fully saturated rings. The fourth-order valence-electron chi connectivity index (χ4n) is 1.33. The molecule has 1 aromatic heterocycles. The Morgan fingerprint density at radius 1 is 1.33 bits per heavy atom. The lowest BCUT2D eigenvalue weighted by Gasteiger charge is -2.19. The first-order valence-corrected chi connectivity index (χ1v) is 6.12. The van der Waals surface area contributed by atoms with E-state index in [2.05, 4.69) is 24.1 Å². The molecule has 4 heteroatoms. The number of hydrogen-bond donors (Lipinski definition) is 1. The van der Waals surface area contributed by atoms with Crippen LogP contribution in [0.15, 0.2) is 12.1 Å². The predicted octanol–water partition coefficient (Wildman–Crippen LogP) is 3.20. The van der Waals surface area contributed by atoms with Crippen LogP contribution in [0.5, 0.6) is 5.75 Å². The second kappa shape index (κ2) is 5.38. The first-order chi connectivity index (χ1) is 8.25. The first kappa shape index (κ1) is 14.5. The molecule has 1 amide bonds. The standard InChI is InChI=1S/C14H22N2O2/c1-9(2)10-7-8-11(18-6)12(15-10)16-13(17)14(3,4)5/h7-9H,1-6H3,(H,15,16,17). The molecule has 1 aromatic rings. The SMILES string of the molecule is COc1ccc(C(C)C)nc1NC(=O)C(C)(C)C. The summed E-state index contributed by atoms with van der Waals surface area (Å²) in [6, 6.07) is 3.75. The largest absolute Gasteiger partial charge is 0.493 e. The minimum atomic E-state index is -0.458. The molecule has 4 nitrogen and oxygen atoms in total. The van der Waals surface area contributed by atoms with E-state index in [1.807, 2.05) is 32.9 Å². The summed E-state index contributed by atoms with van der Waals surface area (Å²) in [6.45, 7) is 9.71. The van der Waals surface area contributed by atoms with Crippen LogP contribution in [0, 0.1) is 5.41 Å². The highest BCUT2D eigenvalue weighted by molar-refractivity contribution is 5.94. The molecule has 0 unspecified atom stereocenters. The van der Waals surface area contributed by atoms with Gasteiger partial charge in [0, 0.05) is 11.1 Å². The summed E-state index contributed by atoms with van der Waals surface area (Å²) in [5, 5.41) is 2.82. The van der Waals surface area contributed by atoms with Crippen molar-refractivity contribution in [2.45, 2.75) is 40.5 Å². The van der Waals surface area contributed by atoms with Crippen LogP contribution in [0.3, 0.4) is 0 Å². The lowest BCUT2D eigenvalue weighted by molar-refractivity contribution is -0.123. The number of carbonyl (C=O) groups excluding carboxylic acids is 1. The number of rotatable bonds is 3. The average Bonchev–Trinajstić information content (AvgIpc) is 2.27. The number of carbonyl (C=O) groups is 1. The molecular weight excluding hydrogens is 228 g/mol. The maximum Gasteiger partial charge on any atom is 0.231 e. The third-order valence-corrected chi connectivity index (χ3v) is 2.60. The van der Waals surface area contributed by atoms with Crippen molar-refractivity contribution in [2.75, 3.05) is 12.4 Å². The molecule has 18 heavy (non-hydrogen) atoms. The summed E-state index contributed by atoms with van der Waals surface area (Å²) in [7, 11) is 1.57. The van der Waals surface area contributed by atoms with Gasteiger partial charge in [-0.3, -0.25) is 4.79 Å². The molecule has 0 aliphatic carbocycles. The minimum absolute atomic E-state index is 0.0748. The Morgan fingerprint density at radius 3 is 2.39 bits per heavy atom. The molecule has 1 heterocycles. The number of nitrogens with zero attached hydrogens (tertiary/aromatic N) is 1. The van der Waals surface area contributed by atoms with E-state index in [-0.39, 0.29) is 5.91 Å². The van der Waals surface area contributed by atoms with Crippen molar-refractivity contribution in [3.8, 4) is 5.75 Å². The Hall–Kier alpha value is -1.58. The van der Waals surface area contributed by atoms with Crippen molar-refractivity contribution in [3.05, 3.63) is 17.8 Å². The van der Waals surface area contributed by atoms with Gasteiger partial charge >= 0.3 is 0 Å². The molecule has 0 saturated heterocycles. The van der Waals surface area contributed by atoms with E-state index in [1.54, 1.807) is 7.11 Å². The zero-order valence-corrected chi connectivity index (χ0v) is 12.0. The van der Waals surface area contributed by atoms with Gasteiger partial charge < -0.3 is 10.1 Å². The van der Waals surface area contributed by atoms with E-state index < -0.39 is 5.41 Å². The van der Waals surface area contributed by atoms with E-state index in [0.29, 0.717) is 17.5 Å². The Morgan fingerprint density at radius 2 is 1.94 bits per heavy atom. The van der Waals surface area contributed by atoms with Gasteiger partial charge in [0.15, 0.2) is 11.6 Å². The summed E-state index contributed by atoms with van der Waals surface area (Å²) < 4.78 is 5.22. The van der Waals surface area contributed by atoms with E-state index in [0.717, 1.165) is 5.69 Å². The van der Waals surface area contributed by atoms with Gasteiger partial charge in [-0.15, -0.1) is 0 Å². The normalized spacial score (nSPS) is 11.5. The fraction of sp³-hybridized carbons (Fsp3) is 0.571.